The molecule has 0 unspecified atom stereocenters. The van der Waals surface area contributed by atoms with Gasteiger partial charge in [0.2, 0.25) is 0 Å². The van der Waals surface area contributed by atoms with Crippen LogP contribution in [0.25, 0.3) is 0 Å². The smallest absolute Gasteiger partial charge is 0.132 e. The Bertz CT molecular complexity index is 537. The molecule has 0 fully saturated rings. The maximum absolute atomic E-state index is 13.2. The number of rotatable bonds is 3. The van der Waals surface area contributed by atoms with Crippen molar-refractivity contribution < 1.29 is 4.39 Å². The summed E-state index contributed by atoms with van der Waals surface area (Å²) in [6.07, 6.45) is 0. The summed E-state index contributed by atoms with van der Waals surface area (Å²) in [6.45, 7) is 2.57. The number of halogens is 1. The predicted molar refractivity (Wildman–Crippen MR) is 72.7 cm³/mol. The maximum atomic E-state index is 13.2. The molecule has 1 N–H and O–H groups in total. The molecular formula is C15H15FN2. The van der Waals surface area contributed by atoms with Crippen molar-refractivity contribution >= 4 is 11.5 Å². The van der Waals surface area contributed by atoms with E-state index in [4.69, 9.17) is 5.41 Å². The molecule has 0 radical (unpaired) electrons. The molecule has 0 heterocycles. The first kappa shape index (κ1) is 12.3. The van der Waals surface area contributed by atoms with Crippen LogP contribution < -0.4 is 4.90 Å². The van der Waals surface area contributed by atoms with E-state index in [9.17, 15) is 4.39 Å². The van der Waals surface area contributed by atoms with E-state index in [1.165, 1.54) is 12.1 Å². The molecule has 0 saturated carbocycles. The Morgan fingerprint density at radius 3 is 2.44 bits per heavy atom. The van der Waals surface area contributed by atoms with E-state index in [-0.39, 0.29) is 5.82 Å². The SMILES string of the molecule is CCN(C(=N)c1ccccc1)c1cccc(F)c1. The summed E-state index contributed by atoms with van der Waals surface area (Å²) < 4.78 is 13.2. The normalized spacial score (nSPS) is 10.1. The number of hydrogen-bond donors (Lipinski definition) is 1. The highest BCUT2D eigenvalue weighted by Crippen LogP contribution is 2.18. The lowest BCUT2D eigenvalue weighted by Gasteiger charge is -2.23. The highest BCUT2D eigenvalue weighted by Gasteiger charge is 2.12. The molecule has 92 valence electrons. The lowest BCUT2D eigenvalue weighted by atomic mass is 10.1. The summed E-state index contributed by atoms with van der Waals surface area (Å²) in [5.74, 6) is 0.0931. The van der Waals surface area contributed by atoms with E-state index >= 15 is 0 Å². The number of benzene rings is 2. The van der Waals surface area contributed by atoms with Gasteiger partial charge in [-0.3, -0.25) is 5.41 Å². The van der Waals surface area contributed by atoms with Crippen LogP contribution in [0.4, 0.5) is 10.1 Å². The third kappa shape index (κ3) is 2.56. The zero-order chi connectivity index (χ0) is 13.0. The van der Waals surface area contributed by atoms with Gasteiger partial charge in [-0.1, -0.05) is 36.4 Å². The van der Waals surface area contributed by atoms with Crippen molar-refractivity contribution in [3.63, 3.8) is 0 Å². The zero-order valence-corrected chi connectivity index (χ0v) is 10.2. The van der Waals surface area contributed by atoms with E-state index in [1.54, 1.807) is 11.0 Å². The standard InChI is InChI=1S/C15H15FN2/c1-2-18(14-10-6-9-13(16)11-14)15(17)12-7-4-3-5-8-12/h3-11,17H,2H2,1H3. The highest BCUT2D eigenvalue weighted by molar-refractivity contribution is 6.07. The molecule has 2 aromatic rings. The van der Waals surface area contributed by atoms with E-state index < -0.39 is 0 Å². The summed E-state index contributed by atoms with van der Waals surface area (Å²) >= 11 is 0. The Morgan fingerprint density at radius 2 is 1.83 bits per heavy atom. The topological polar surface area (TPSA) is 27.1 Å². The maximum Gasteiger partial charge on any atom is 0.132 e. The minimum Gasteiger partial charge on any atom is -0.327 e. The van der Waals surface area contributed by atoms with Gasteiger partial charge in [0.05, 0.1) is 0 Å². The molecule has 0 aromatic heterocycles. The van der Waals surface area contributed by atoms with Crippen LogP contribution in [0, 0.1) is 11.2 Å². The minimum absolute atomic E-state index is 0.285. The Morgan fingerprint density at radius 1 is 1.11 bits per heavy atom. The average molecular weight is 242 g/mol. The molecule has 0 aliphatic rings. The lowest BCUT2D eigenvalue weighted by Crippen LogP contribution is -2.30. The molecule has 2 nitrogen and oxygen atoms in total. The van der Waals surface area contributed by atoms with Crippen molar-refractivity contribution in [1.82, 2.24) is 0 Å². The van der Waals surface area contributed by atoms with Gasteiger partial charge in [0.1, 0.15) is 11.7 Å². The third-order valence-corrected chi connectivity index (χ3v) is 2.75. The molecule has 0 bridgehead atoms. The van der Waals surface area contributed by atoms with Crippen molar-refractivity contribution in [3.05, 3.63) is 66.0 Å². The van der Waals surface area contributed by atoms with Crippen molar-refractivity contribution in [2.75, 3.05) is 11.4 Å². The molecule has 2 rings (SSSR count). The fourth-order valence-corrected chi connectivity index (χ4v) is 1.87. The summed E-state index contributed by atoms with van der Waals surface area (Å²) in [5.41, 5.74) is 1.52. The molecular weight excluding hydrogens is 227 g/mol. The van der Waals surface area contributed by atoms with E-state index in [0.717, 1.165) is 5.56 Å². The zero-order valence-electron chi connectivity index (χ0n) is 10.2. The number of hydrogen-bond acceptors (Lipinski definition) is 1. The second kappa shape index (κ2) is 5.45. The van der Waals surface area contributed by atoms with Crippen LogP contribution in [0.1, 0.15) is 12.5 Å². The van der Waals surface area contributed by atoms with Gasteiger partial charge in [0.25, 0.3) is 0 Å². The molecule has 3 heteroatoms. The molecule has 0 aliphatic carbocycles. The van der Waals surface area contributed by atoms with Crippen molar-refractivity contribution in [3.8, 4) is 0 Å². The van der Waals surface area contributed by atoms with E-state index in [2.05, 4.69) is 0 Å². The second-order valence-corrected chi connectivity index (χ2v) is 3.94. The molecule has 0 amide bonds. The summed E-state index contributed by atoms with van der Waals surface area (Å²) in [5, 5.41) is 8.20. The molecule has 18 heavy (non-hydrogen) atoms. The van der Waals surface area contributed by atoms with Gasteiger partial charge in [-0.15, -0.1) is 0 Å². The largest absolute Gasteiger partial charge is 0.327 e. The van der Waals surface area contributed by atoms with Crippen molar-refractivity contribution in [2.24, 2.45) is 0 Å². The summed E-state index contributed by atoms with van der Waals surface area (Å²) in [6, 6.07) is 15.8. The first-order chi connectivity index (χ1) is 8.72. The van der Waals surface area contributed by atoms with Gasteiger partial charge >= 0.3 is 0 Å². The quantitative estimate of drug-likeness (QED) is 0.645. The second-order valence-electron chi connectivity index (χ2n) is 3.94. The van der Waals surface area contributed by atoms with Gasteiger partial charge in [-0.05, 0) is 25.1 Å². The first-order valence-electron chi connectivity index (χ1n) is 5.89. The van der Waals surface area contributed by atoms with Crippen molar-refractivity contribution in [1.29, 1.82) is 5.41 Å². The van der Waals surface area contributed by atoms with Gasteiger partial charge in [0, 0.05) is 17.8 Å². The fourth-order valence-electron chi connectivity index (χ4n) is 1.87. The van der Waals surface area contributed by atoms with Gasteiger partial charge in [0.15, 0.2) is 0 Å². The highest BCUT2D eigenvalue weighted by atomic mass is 19.1. The molecule has 0 aliphatic heterocycles. The Kier molecular flexibility index (Phi) is 3.72. The average Bonchev–Trinajstić information content (AvgIpc) is 2.40. The number of nitrogens with zero attached hydrogens (tertiary/aromatic N) is 1. The number of anilines is 1. The van der Waals surface area contributed by atoms with Crippen LogP contribution in [-0.4, -0.2) is 12.4 Å². The van der Waals surface area contributed by atoms with Gasteiger partial charge in [-0.25, -0.2) is 4.39 Å². The predicted octanol–water partition coefficient (Wildman–Crippen LogP) is 3.68. The van der Waals surface area contributed by atoms with Crippen LogP contribution in [0.5, 0.6) is 0 Å². The van der Waals surface area contributed by atoms with Gasteiger partial charge < -0.3 is 4.90 Å². The summed E-state index contributed by atoms with van der Waals surface area (Å²) in [4.78, 5) is 1.78. The Hall–Kier alpha value is -2.16. The van der Waals surface area contributed by atoms with Crippen LogP contribution in [-0.2, 0) is 0 Å². The Balaban J connectivity index is 2.32. The van der Waals surface area contributed by atoms with E-state index in [0.29, 0.717) is 18.1 Å². The summed E-state index contributed by atoms with van der Waals surface area (Å²) in [7, 11) is 0. The third-order valence-electron chi connectivity index (χ3n) is 2.75. The first-order valence-corrected chi connectivity index (χ1v) is 5.89. The fraction of sp³-hybridized carbons (Fsp3) is 0.133. The van der Waals surface area contributed by atoms with Crippen molar-refractivity contribution in [2.45, 2.75) is 6.92 Å². The lowest BCUT2D eigenvalue weighted by molar-refractivity contribution is 0.628. The van der Waals surface area contributed by atoms with Crippen LogP contribution in [0.3, 0.4) is 0 Å². The molecule has 0 saturated heterocycles. The van der Waals surface area contributed by atoms with Gasteiger partial charge in [-0.2, -0.15) is 0 Å². The number of amidine groups is 1. The van der Waals surface area contributed by atoms with Crippen LogP contribution in [0.2, 0.25) is 0 Å². The van der Waals surface area contributed by atoms with Crippen LogP contribution >= 0.6 is 0 Å². The van der Waals surface area contributed by atoms with Crippen LogP contribution in [0.15, 0.2) is 54.6 Å². The molecule has 0 atom stereocenters. The number of nitrogens with one attached hydrogen (secondary N) is 1. The molecule has 2 aromatic carbocycles. The molecule has 0 spiro atoms. The minimum atomic E-state index is -0.285. The van der Waals surface area contributed by atoms with E-state index in [1.807, 2.05) is 43.3 Å². The Labute approximate surface area is 106 Å². The monoisotopic (exact) mass is 242 g/mol.